The van der Waals surface area contributed by atoms with Crippen molar-refractivity contribution in [3.63, 3.8) is 0 Å². The third-order valence-corrected chi connectivity index (χ3v) is 9.40. The Balaban J connectivity index is 3.76. The highest BCUT2D eigenvalue weighted by Gasteiger charge is 2.20. The third kappa shape index (κ3) is 34.4. The molecule has 282 valence electrons. The molecular formula is C43H81NO4. The number of carbonyl (C=O) groups excluding carboxylic acids is 1. The van der Waals surface area contributed by atoms with Gasteiger partial charge in [-0.05, 0) is 57.8 Å². The van der Waals surface area contributed by atoms with E-state index in [4.69, 9.17) is 0 Å². The zero-order chi connectivity index (χ0) is 35.2. The molecule has 3 atom stereocenters. The molecular weight excluding hydrogens is 594 g/mol. The van der Waals surface area contributed by atoms with Crippen LogP contribution in [0.4, 0.5) is 0 Å². The first kappa shape index (κ1) is 46.6. The first-order chi connectivity index (χ1) is 23.5. The van der Waals surface area contributed by atoms with Crippen LogP contribution in [-0.2, 0) is 4.79 Å². The van der Waals surface area contributed by atoms with Crippen LogP contribution in [0.2, 0.25) is 0 Å². The molecule has 0 aliphatic rings. The number of carbonyl (C=O) groups is 1. The summed E-state index contributed by atoms with van der Waals surface area (Å²) >= 11 is 0. The number of hydrogen-bond acceptors (Lipinski definition) is 4. The van der Waals surface area contributed by atoms with E-state index in [0.717, 1.165) is 44.9 Å². The predicted octanol–water partition coefficient (Wildman–Crippen LogP) is 11.6. The minimum atomic E-state index is -0.954. The minimum Gasteiger partial charge on any atom is -0.394 e. The van der Waals surface area contributed by atoms with Gasteiger partial charge in [-0.1, -0.05) is 179 Å². The van der Waals surface area contributed by atoms with E-state index in [1.165, 1.54) is 135 Å². The van der Waals surface area contributed by atoms with Gasteiger partial charge in [0.25, 0.3) is 0 Å². The molecule has 48 heavy (non-hydrogen) atoms. The van der Waals surface area contributed by atoms with Gasteiger partial charge in [0, 0.05) is 0 Å². The van der Waals surface area contributed by atoms with Gasteiger partial charge in [0.15, 0.2) is 0 Å². The lowest BCUT2D eigenvalue weighted by atomic mass is 10.0. The molecule has 0 aromatic rings. The summed E-state index contributed by atoms with van der Waals surface area (Å²) < 4.78 is 0. The maximum atomic E-state index is 12.4. The van der Waals surface area contributed by atoms with Gasteiger partial charge in [0.1, 0.15) is 0 Å². The van der Waals surface area contributed by atoms with Crippen molar-refractivity contribution in [2.24, 2.45) is 0 Å². The van der Waals surface area contributed by atoms with Crippen LogP contribution < -0.4 is 5.32 Å². The summed E-state index contributed by atoms with van der Waals surface area (Å²) in [6.45, 7) is 4.19. The zero-order valence-electron chi connectivity index (χ0n) is 31.9. The fourth-order valence-electron chi connectivity index (χ4n) is 6.17. The van der Waals surface area contributed by atoms with Crippen molar-refractivity contribution < 1.29 is 20.1 Å². The first-order valence-corrected chi connectivity index (χ1v) is 20.8. The molecule has 0 heterocycles. The summed E-state index contributed by atoms with van der Waals surface area (Å²) in [4.78, 5) is 12.4. The van der Waals surface area contributed by atoms with Crippen molar-refractivity contribution in [3.05, 3.63) is 36.5 Å². The number of amides is 1. The molecule has 0 aliphatic heterocycles. The Labute approximate surface area is 298 Å². The first-order valence-electron chi connectivity index (χ1n) is 20.8. The summed E-state index contributed by atoms with van der Waals surface area (Å²) in [7, 11) is 0. The lowest BCUT2D eigenvalue weighted by molar-refractivity contribution is -0.124. The Bertz CT molecular complexity index is 749. The summed E-state index contributed by atoms with van der Waals surface area (Å²) in [6, 6.07) is -0.764. The average molecular weight is 676 g/mol. The number of nitrogens with one attached hydrogen (secondary N) is 1. The molecule has 5 heteroatoms. The van der Waals surface area contributed by atoms with Gasteiger partial charge in [-0.2, -0.15) is 0 Å². The molecule has 5 nitrogen and oxygen atoms in total. The lowest BCUT2D eigenvalue weighted by Gasteiger charge is -2.20. The van der Waals surface area contributed by atoms with Crippen LogP contribution in [0.3, 0.4) is 0 Å². The van der Waals surface area contributed by atoms with E-state index in [0.29, 0.717) is 6.42 Å². The zero-order valence-corrected chi connectivity index (χ0v) is 31.9. The number of unbranched alkanes of at least 4 members (excludes halogenated alkanes) is 24. The molecule has 0 radical (unpaired) electrons. The van der Waals surface area contributed by atoms with Crippen molar-refractivity contribution in [3.8, 4) is 0 Å². The van der Waals surface area contributed by atoms with Crippen LogP contribution in [0.15, 0.2) is 36.5 Å². The number of rotatable bonds is 37. The molecule has 0 bridgehead atoms. The van der Waals surface area contributed by atoms with Crippen molar-refractivity contribution in [2.45, 2.75) is 225 Å². The van der Waals surface area contributed by atoms with Gasteiger partial charge in [-0.15, -0.1) is 0 Å². The Morgan fingerprint density at radius 3 is 1.33 bits per heavy atom. The lowest BCUT2D eigenvalue weighted by Crippen LogP contribution is -2.45. The number of allylic oxidation sites excluding steroid dienone is 5. The molecule has 1 amide bonds. The van der Waals surface area contributed by atoms with E-state index >= 15 is 0 Å². The Morgan fingerprint density at radius 2 is 0.896 bits per heavy atom. The van der Waals surface area contributed by atoms with Gasteiger partial charge in [-0.3, -0.25) is 4.79 Å². The number of aliphatic hydroxyl groups excluding tert-OH is 3. The highest BCUT2D eigenvalue weighted by molar-refractivity contribution is 5.76. The molecule has 4 N–H and O–H groups in total. The minimum absolute atomic E-state index is 0.00463. The van der Waals surface area contributed by atoms with Gasteiger partial charge >= 0.3 is 0 Å². The van der Waals surface area contributed by atoms with Gasteiger partial charge < -0.3 is 20.6 Å². The molecule has 0 saturated heterocycles. The van der Waals surface area contributed by atoms with E-state index in [9.17, 15) is 20.1 Å². The highest BCUT2D eigenvalue weighted by Crippen LogP contribution is 2.14. The fourth-order valence-corrected chi connectivity index (χ4v) is 6.17. The normalized spacial score (nSPS) is 14.0. The Kier molecular flexibility index (Phi) is 37.2. The van der Waals surface area contributed by atoms with E-state index in [1.54, 1.807) is 6.08 Å². The third-order valence-electron chi connectivity index (χ3n) is 9.40. The maximum Gasteiger partial charge on any atom is 0.222 e. The van der Waals surface area contributed by atoms with Crippen molar-refractivity contribution in [2.75, 3.05) is 6.61 Å². The smallest absolute Gasteiger partial charge is 0.222 e. The second-order valence-corrected chi connectivity index (χ2v) is 14.2. The van der Waals surface area contributed by atoms with Crippen LogP contribution in [0.25, 0.3) is 0 Å². The second-order valence-electron chi connectivity index (χ2n) is 14.2. The number of hydrogen-bond donors (Lipinski definition) is 4. The van der Waals surface area contributed by atoms with Crippen molar-refractivity contribution >= 4 is 5.91 Å². The summed E-state index contributed by atoms with van der Waals surface area (Å²) in [5.74, 6) is -0.335. The van der Waals surface area contributed by atoms with Crippen LogP contribution >= 0.6 is 0 Å². The fraction of sp³-hybridized carbons (Fsp3) is 0.837. The van der Waals surface area contributed by atoms with Crippen LogP contribution in [0.1, 0.15) is 206 Å². The van der Waals surface area contributed by atoms with Crippen LogP contribution in [0, 0.1) is 0 Å². The highest BCUT2D eigenvalue weighted by atomic mass is 16.3. The molecule has 0 aliphatic carbocycles. The molecule has 0 aromatic carbocycles. The van der Waals surface area contributed by atoms with E-state index in [-0.39, 0.29) is 18.9 Å². The maximum absolute atomic E-state index is 12.4. The van der Waals surface area contributed by atoms with Crippen LogP contribution in [-0.4, -0.2) is 46.1 Å². The van der Waals surface area contributed by atoms with Gasteiger partial charge in [-0.25, -0.2) is 0 Å². The van der Waals surface area contributed by atoms with Gasteiger partial charge in [0.2, 0.25) is 5.91 Å². The monoisotopic (exact) mass is 676 g/mol. The molecule has 0 spiro atoms. The standard InChI is InChI=1S/C43H81NO4/c1-3-5-7-9-11-13-15-17-19-20-21-22-23-25-27-29-31-33-35-37-42(47)41(39-45)44-43(48)38-40(46)36-34-32-30-28-26-24-18-16-14-12-10-8-6-4-2/h24,26-27,29,35,37,40-42,45-47H,3-23,25,28,30-34,36,38-39H2,1-2H3,(H,44,48)/b26-24-,29-27+,37-35+. The summed E-state index contributed by atoms with van der Waals surface area (Å²) in [5.41, 5.74) is 0. The average Bonchev–Trinajstić information content (AvgIpc) is 3.08. The van der Waals surface area contributed by atoms with Crippen molar-refractivity contribution in [1.29, 1.82) is 0 Å². The quantitative estimate of drug-likeness (QED) is 0.0390. The molecule has 0 rings (SSSR count). The van der Waals surface area contributed by atoms with Gasteiger partial charge in [0.05, 0.1) is 31.3 Å². The molecule has 0 fully saturated rings. The number of aliphatic hydroxyl groups is 3. The predicted molar refractivity (Wildman–Crippen MR) is 208 cm³/mol. The van der Waals surface area contributed by atoms with Crippen LogP contribution in [0.5, 0.6) is 0 Å². The Morgan fingerprint density at radius 1 is 0.521 bits per heavy atom. The Hall–Kier alpha value is -1.43. The van der Waals surface area contributed by atoms with Crippen molar-refractivity contribution in [1.82, 2.24) is 5.32 Å². The van der Waals surface area contributed by atoms with E-state index in [2.05, 4.69) is 43.5 Å². The molecule has 0 aromatic heterocycles. The van der Waals surface area contributed by atoms with E-state index < -0.39 is 18.2 Å². The summed E-state index contributed by atoms with van der Waals surface area (Å²) in [5, 5.41) is 33.1. The topological polar surface area (TPSA) is 89.8 Å². The van der Waals surface area contributed by atoms with E-state index in [1.807, 2.05) is 6.08 Å². The molecule has 0 saturated carbocycles. The second kappa shape index (κ2) is 38.4. The molecule has 3 unspecified atom stereocenters. The summed E-state index contributed by atoms with van der Waals surface area (Å²) in [6.07, 6.45) is 47.1. The SMILES string of the molecule is CCCCCCCCC/C=C\CCCCCC(O)CC(=O)NC(CO)C(O)/C=C/CC/C=C/CCCCCCCCCCCCCCC. The largest absolute Gasteiger partial charge is 0.394 e.